The third-order valence-corrected chi connectivity index (χ3v) is 6.77. The zero-order chi connectivity index (χ0) is 25.3. The number of carboxylic acids is 1. The molecule has 4 rings (SSSR count). The maximum atomic E-state index is 13.0. The van der Waals surface area contributed by atoms with Crippen molar-refractivity contribution < 1.29 is 31.9 Å². The molecule has 0 spiro atoms. The molecule has 4 N–H and O–H groups in total. The van der Waals surface area contributed by atoms with E-state index in [1.807, 2.05) is 0 Å². The summed E-state index contributed by atoms with van der Waals surface area (Å²) in [6.45, 7) is 3.21. The summed E-state index contributed by atoms with van der Waals surface area (Å²) in [4.78, 5) is 23.6. The lowest BCUT2D eigenvalue weighted by atomic mass is 10.1. The molecule has 9 nitrogen and oxygen atoms in total. The fraction of sp³-hybridized carbons (Fsp3) is 0.167. The van der Waals surface area contributed by atoms with Crippen molar-refractivity contribution in [3.05, 3.63) is 66.5 Å². The number of amides is 2. The normalized spacial score (nSPS) is 12.7. The Morgan fingerprint density at radius 1 is 0.886 bits per heavy atom. The smallest absolute Gasteiger partial charge is 0.323 e. The van der Waals surface area contributed by atoms with E-state index >= 15 is 0 Å². The number of halogens is 1. The zero-order valence-electron chi connectivity index (χ0n) is 18.7. The van der Waals surface area contributed by atoms with Gasteiger partial charge in [-0.25, -0.2) is 17.6 Å². The van der Waals surface area contributed by atoms with E-state index in [-0.39, 0.29) is 10.5 Å². The molecule has 2 amide bonds. The summed E-state index contributed by atoms with van der Waals surface area (Å²) in [5.41, 5.74) is 1.63. The molecular weight excluding hydrogens is 477 g/mol. The van der Waals surface area contributed by atoms with Crippen molar-refractivity contribution in [2.75, 3.05) is 10.6 Å². The van der Waals surface area contributed by atoms with Gasteiger partial charge in [0, 0.05) is 28.2 Å². The van der Waals surface area contributed by atoms with Crippen LogP contribution in [0, 0.1) is 11.7 Å². The minimum absolute atomic E-state index is 0.131. The van der Waals surface area contributed by atoms with E-state index in [2.05, 4.69) is 15.4 Å². The summed E-state index contributed by atoms with van der Waals surface area (Å²) in [7, 11) is -4.11. The van der Waals surface area contributed by atoms with Crippen molar-refractivity contribution in [3.8, 4) is 0 Å². The summed E-state index contributed by atoms with van der Waals surface area (Å²) in [6, 6.07) is 12.7. The van der Waals surface area contributed by atoms with Crippen LogP contribution in [0.2, 0.25) is 0 Å². The number of hydrogen-bond donors (Lipinski definition) is 4. The van der Waals surface area contributed by atoms with Crippen LogP contribution in [0.5, 0.6) is 0 Å². The predicted octanol–water partition coefficient (Wildman–Crippen LogP) is 4.76. The van der Waals surface area contributed by atoms with Crippen molar-refractivity contribution >= 4 is 55.3 Å². The van der Waals surface area contributed by atoms with Crippen molar-refractivity contribution in [1.29, 1.82) is 0 Å². The van der Waals surface area contributed by atoms with Crippen LogP contribution in [-0.4, -0.2) is 31.6 Å². The standard InChI is InChI=1S/C24H22FN3O6S/c1-13(2)22(23(29)30)28-35(32,33)17-8-9-18-19-11-16(7-10-20(19)34-21(18)12-17)27-24(31)26-15-5-3-14(25)4-6-15/h3-13,22,28H,1-2H3,(H,29,30)(H2,26,27,31)/t22-/m1/s1. The van der Waals surface area contributed by atoms with Crippen molar-refractivity contribution in [3.63, 3.8) is 0 Å². The van der Waals surface area contributed by atoms with Crippen LogP contribution in [0.4, 0.5) is 20.6 Å². The van der Waals surface area contributed by atoms with Crippen LogP contribution in [0.15, 0.2) is 70.0 Å². The maximum Gasteiger partial charge on any atom is 0.323 e. The second-order valence-corrected chi connectivity index (χ2v) is 9.95. The van der Waals surface area contributed by atoms with Gasteiger partial charge in [0.05, 0.1) is 4.90 Å². The van der Waals surface area contributed by atoms with Crippen LogP contribution in [0.25, 0.3) is 21.9 Å². The van der Waals surface area contributed by atoms with E-state index in [9.17, 15) is 27.5 Å². The molecule has 0 saturated heterocycles. The first-order chi connectivity index (χ1) is 16.5. The third-order valence-electron chi connectivity index (χ3n) is 5.33. The minimum atomic E-state index is -4.11. The van der Waals surface area contributed by atoms with Crippen molar-refractivity contribution in [2.45, 2.75) is 24.8 Å². The van der Waals surface area contributed by atoms with Crippen LogP contribution in [0.1, 0.15) is 13.8 Å². The average molecular weight is 500 g/mol. The molecule has 11 heteroatoms. The predicted molar refractivity (Wildman–Crippen MR) is 129 cm³/mol. The molecule has 0 aliphatic heterocycles. The first-order valence-corrected chi connectivity index (χ1v) is 12.1. The highest BCUT2D eigenvalue weighted by Gasteiger charge is 2.28. The molecule has 182 valence electrons. The van der Waals surface area contributed by atoms with Crippen LogP contribution in [0.3, 0.4) is 0 Å². The van der Waals surface area contributed by atoms with Gasteiger partial charge in [0.25, 0.3) is 0 Å². The zero-order valence-corrected chi connectivity index (χ0v) is 19.5. The lowest BCUT2D eigenvalue weighted by molar-refractivity contribution is -0.140. The molecule has 0 saturated carbocycles. The monoisotopic (exact) mass is 499 g/mol. The van der Waals surface area contributed by atoms with E-state index in [1.54, 1.807) is 38.1 Å². The molecule has 0 bridgehead atoms. The van der Waals surface area contributed by atoms with E-state index in [4.69, 9.17) is 4.42 Å². The van der Waals surface area contributed by atoms with Gasteiger partial charge in [-0.3, -0.25) is 4.79 Å². The van der Waals surface area contributed by atoms with E-state index < -0.39 is 39.8 Å². The number of aliphatic carboxylic acids is 1. The minimum Gasteiger partial charge on any atom is -0.480 e. The van der Waals surface area contributed by atoms with Gasteiger partial charge in [-0.1, -0.05) is 13.8 Å². The number of hydrogen-bond acceptors (Lipinski definition) is 5. The first kappa shape index (κ1) is 24.2. The Morgan fingerprint density at radius 3 is 2.20 bits per heavy atom. The molecule has 4 aromatic rings. The van der Waals surface area contributed by atoms with Crippen LogP contribution >= 0.6 is 0 Å². The molecule has 35 heavy (non-hydrogen) atoms. The summed E-state index contributed by atoms with van der Waals surface area (Å²) in [5.74, 6) is -2.14. The van der Waals surface area contributed by atoms with Gasteiger partial charge in [0.15, 0.2) is 0 Å². The molecule has 1 atom stereocenters. The number of carboxylic acid groups (broad SMARTS) is 1. The van der Waals surface area contributed by atoms with Gasteiger partial charge in [-0.15, -0.1) is 0 Å². The highest BCUT2D eigenvalue weighted by molar-refractivity contribution is 7.89. The second kappa shape index (κ2) is 9.35. The molecule has 0 aliphatic carbocycles. The number of benzene rings is 3. The van der Waals surface area contributed by atoms with E-state index in [0.29, 0.717) is 27.7 Å². The number of anilines is 2. The van der Waals surface area contributed by atoms with Crippen LogP contribution in [-0.2, 0) is 14.8 Å². The Kier molecular flexibility index (Phi) is 6.46. The van der Waals surface area contributed by atoms with E-state index in [0.717, 1.165) is 0 Å². The average Bonchev–Trinajstić information content (AvgIpc) is 3.16. The highest BCUT2D eigenvalue weighted by Crippen LogP contribution is 2.32. The number of rotatable bonds is 7. The summed E-state index contributed by atoms with van der Waals surface area (Å²) in [5, 5.41) is 15.8. The number of urea groups is 1. The first-order valence-electron chi connectivity index (χ1n) is 10.6. The third kappa shape index (κ3) is 5.26. The van der Waals surface area contributed by atoms with Crippen molar-refractivity contribution in [1.82, 2.24) is 4.72 Å². The second-order valence-electron chi connectivity index (χ2n) is 8.24. The van der Waals surface area contributed by atoms with Gasteiger partial charge in [-0.2, -0.15) is 4.72 Å². The van der Waals surface area contributed by atoms with Crippen LogP contribution < -0.4 is 15.4 Å². The molecule has 0 unspecified atom stereocenters. The van der Waals surface area contributed by atoms with Crippen molar-refractivity contribution in [2.24, 2.45) is 5.92 Å². The fourth-order valence-electron chi connectivity index (χ4n) is 3.54. The lowest BCUT2D eigenvalue weighted by Crippen LogP contribution is -2.44. The summed E-state index contributed by atoms with van der Waals surface area (Å²) in [6.07, 6.45) is 0. The maximum absolute atomic E-state index is 13.0. The van der Waals surface area contributed by atoms with Gasteiger partial charge in [0.2, 0.25) is 10.0 Å². The summed E-state index contributed by atoms with van der Waals surface area (Å²) >= 11 is 0. The molecule has 1 heterocycles. The fourth-order valence-corrected chi connectivity index (χ4v) is 4.89. The molecule has 0 radical (unpaired) electrons. The molecule has 0 fully saturated rings. The SMILES string of the molecule is CC(C)[C@@H](NS(=O)(=O)c1ccc2c(c1)oc1ccc(NC(=O)Nc3ccc(F)cc3)cc12)C(=O)O. The summed E-state index contributed by atoms with van der Waals surface area (Å²) < 4.78 is 46.6. The molecule has 3 aromatic carbocycles. The number of carbonyl (C=O) groups is 2. The Balaban J connectivity index is 1.59. The highest BCUT2D eigenvalue weighted by atomic mass is 32.2. The Morgan fingerprint density at radius 2 is 1.54 bits per heavy atom. The van der Waals surface area contributed by atoms with Gasteiger partial charge in [-0.05, 0) is 60.5 Å². The Bertz CT molecular complexity index is 1530. The Labute approximate surface area is 200 Å². The molecule has 1 aromatic heterocycles. The number of fused-ring (bicyclic) bond motifs is 3. The van der Waals surface area contributed by atoms with Gasteiger partial charge < -0.3 is 20.2 Å². The Hall–Kier alpha value is -3.96. The van der Waals surface area contributed by atoms with Gasteiger partial charge >= 0.3 is 12.0 Å². The van der Waals surface area contributed by atoms with Gasteiger partial charge in [0.1, 0.15) is 23.0 Å². The quantitative estimate of drug-likeness (QED) is 0.289. The number of carbonyl (C=O) groups excluding carboxylic acids is 1. The lowest BCUT2D eigenvalue weighted by Gasteiger charge is -2.17. The number of furan rings is 1. The largest absolute Gasteiger partial charge is 0.480 e. The topological polar surface area (TPSA) is 138 Å². The van der Waals surface area contributed by atoms with E-state index in [1.165, 1.54) is 36.4 Å². The molecule has 0 aliphatic rings. The number of nitrogens with one attached hydrogen (secondary N) is 3. The molecular formula is C24H22FN3O6S. The number of sulfonamides is 1.